The van der Waals surface area contributed by atoms with Crippen molar-refractivity contribution in [2.45, 2.75) is 13.3 Å². The van der Waals surface area contributed by atoms with Crippen LogP contribution < -0.4 is 14.4 Å². The molecule has 0 unspecified atom stereocenters. The first-order valence-electron chi connectivity index (χ1n) is 8.76. The predicted molar refractivity (Wildman–Crippen MR) is 111 cm³/mol. The van der Waals surface area contributed by atoms with Gasteiger partial charge in [-0.15, -0.1) is 0 Å². The number of carboxylic acids is 1. The number of anilines is 1. The van der Waals surface area contributed by atoms with Gasteiger partial charge in [-0.2, -0.15) is 0 Å². The van der Waals surface area contributed by atoms with E-state index in [4.69, 9.17) is 9.47 Å². The number of hydrogen-bond acceptors (Lipinski definition) is 6. The summed E-state index contributed by atoms with van der Waals surface area (Å²) in [6.45, 7) is 2.01. The third kappa shape index (κ3) is 3.84. The lowest BCUT2D eigenvalue weighted by atomic mass is 10.0. The van der Waals surface area contributed by atoms with E-state index in [0.717, 1.165) is 28.6 Å². The Balaban J connectivity index is 2.02. The van der Waals surface area contributed by atoms with Gasteiger partial charge >= 0.3 is 5.97 Å². The minimum Gasteiger partial charge on any atom is -0.493 e. The maximum Gasteiger partial charge on any atom is 0.340 e. The first-order valence-corrected chi connectivity index (χ1v) is 9.58. The molecule has 0 aliphatic carbocycles. The lowest BCUT2D eigenvalue weighted by Gasteiger charge is -2.13. The van der Waals surface area contributed by atoms with Gasteiger partial charge in [0.05, 0.1) is 24.8 Å². The number of benzene rings is 2. The predicted octanol–water partition coefficient (Wildman–Crippen LogP) is 4.21. The Hall–Kier alpha value is -3.26. The van der Waals surface area contributed by atoms with Gasteiger partial charge < -0.3 is 14.6 Å². The average Bonchev–Trinajstić information content (AvgIpc) is 3.00. The normalized spacial score (nSPS) is 15.1. The number of imide groups is 1. The Morgan fingerprint density at radius 2 is 1.79 bits per heavy atom. The van der Waals surface area contributed by atoms with E-state index in [9.17, 15) is 19.5 Å². The third-order valence-electron chi connectivity index (χ3n) is 4.47. The second-order valence-corrected chi connectivity index (χ2v) is 7.10. The highest BCUT2D eigenvalue weighted by molar-refractivity contribution is 8.19. The third-order valence-corrected chi connectivity index (χ3v) is 5.34. The highest BCUT2D eigenvalue weighted by Crippen LogP contribution is 2.39. The van der Waals surface area contributed by atoms with Gasteiger partial charge in [-0.25, -0.2) is 9.69 Å². The number of carbonyl (C=O) groups excluding carboxylic acids is 2. The molecule has 1 saturated heterocycles. The fraction of sp³-hybridized carbons (Fsp3) is 0.190. The summed E-state index contributed by atoms with van der Waals surface area (Å²) in [5, 5.41) is 9.19. The van der Waals surface area contributed by atoms with Crippen molar-refractivity contribution >= 4 is 40.6 Å². The average molecular weight is 413 g/mol. The number of rotatable bonds is 6. The topological polar surface area (TPSA) is 93.1 Å². The van der Waals surface area contributed by atoms with Crippen molar-refractivity contribution in [3.63, 3.8) is 0 Å². The van der Waals surface area contributed by atoms with Crippen molar-refractivity contribution in [1.82, 2.24) is 0 Å². The Morgan fingerprint density at radius 1 is 1.10 bits per heavy atom. The van der Waals surface area contributed by atoms with Gasteiger partial charge in [0, 0.05) is 0 Å². The molecule has 0 bridgehead atoms. The van der Waals surface area contributed by atoms with Crippen LogP contribution in [0.1, 0.15) is 28.4 Å². The lowest BCUT2D eigenvalue weighted by Crippen LogP contribution is -2.27. The standard InChI is InChI=1S/C21H19NO6S/c1-4-12-5-8-14(9-6-12)22-19(23)16(29-21(22)26)11-13-7-10-15(27-2)18(28-3)17(13)20(24)25/h5-11H,4H2,1-3H3,(H,24,25)/b16-11+. The van der Waals surface area contributed by atoms with Crippen molar-refractivity contribution in [1.29, 1.82) is 0 Å². The minimum atomic E-state index is -1.23. The minimum absolute atomic E-state index is 0.0446. The van der Waals surface area contributed by atoms with Crippen LogP contribution in [0.3, 0.4) is 0 Å². The molecular formula is C21H19NO6S. The van der Waals surface area contributed by atoms with E-state index >= 15 is 0 Å². The second-order valence-electron chi connectivity index (χ2n) is 6.11. The molecule has 2 aromatic rings. The maximum absolute atomic E-state index is 12.8. The van der Waals surface area contributed by atoms with Crippen molar-refractivity contribution in [2.24, 2.45) is 0 Å². The molecule has 0 radical (unpaired) electrons. The number of nitrogens with zero attached hydrogens (tertiary/aromatic N) is 1. The van der Waals surface area contributed by atoms with Crippen LogP contribution in [0.4, 0.5) is 10.5 Å². The first-order chi connectivity index (χ1) is 13.9. The molecule has 0 spiro atoms. The number of ether oxygens (including phenoxy) is 2. The summed E-state index contributed by atoms with van der Waals surface area (Å²) in [5.41, 5.74) is 1.65. The molecule has 2 amide bonds. The van der Waals surface area contributed by atoms with Gasteiger partial charge in [-0.1, -0.05) is 25.1 Å². The van der Waals surface area contributed by atoms with Crippen LogP contribution in [0, 0.1) is 0 Å². The Bertz CT molecular complexity index is 1010. The van der Waals surface area contributed by atoms with Crippen molar-refractivity contribution < 1.29 is 29.0 Å². The van der Waals surface area contributed by atoms with Crippen molar-refractivity contribution in [3.8, 4) is 11.5 Å². The van der Waals surface area contributed by atoms with Crippen LogP contribution in [0.25, 0.3) is 6.08 Å². The molecule has 1 aliphatic rings. The number of amides is 2. The molecule has 1 aliphatic heterocycles. The zero-order valence-electron chi connectivity index (χ0n) is 16.1. The Kier molecular flexibility index (Phi) is 5.93. The van der Waals surface area contributed by atoms with Crippen LogP contribution >= 0.6 is 11.8 Å². The summed E-state index contributed by atoms with van der Waals surface area (Å²) < 4.78 is 10.3. The quantitative estimate of drug-likeness (QED) is 0.709. The van der Waals surface area contributed by atoms with Gasteiger partial charge in [0.2, 0.25) is 0 Å². The highest BCUT2D eigenvalue weighted by Gasteiger charge is 2.36. The van der Waals surface area contributed by atoms with E-state index in [0.29, 0.717) is 5.69 Å². The van der Waals surface area contributed by atoms with Crippen molar-refractivity contribution in [3.05, 3.63) is 58.0 Å². The fourth-order valence-corrected chi connectivity index (χ4v) is 3.83. The monoisotopic (exact) mass is 413 g/mol. The molecule has 1 heterocycles. The molecule has 0 aromatic heterocycles. The van der Waals surface area contributed by atoms with Gasteiger partial charge in [0.25, 0.3) is 11.1 Å². The molecular weight excluding hydrogens is 394 g/mol. The largest absolute Gasteiger partial charge is 0.493 e. The molecule has 0 saturated carbocycles. The summed E-state index contributed by atoms with van der Waals surface area (Å²) in [6, 6.07) is 10.2. The van der Waals surface area contributed by atoms with E-state index in [1.165, 1.54) is 26.4 Å². The second kappa shape index (κ2) is 8.40. The summed E-state index contributed by atoms with van der Waals surface area (Å²) >= 11 is 0.759. The molecule has 1 N–H and O–H groups in total. The van der Waals surface area contributed by atoms with Crippen LogP contribution in [-0.4, -0.2) is 36.4 Å². The van der Waals surface area contributed by atoms with Crippen LogP contribution in [0.2, 0.25) is 0 Å². The molecule has 2 aromatic carbocycles. The van der Waals surface area contributed by atoms with E-state index in [-0.39, 0.29) is 27.5 Å². The van der Waals surface area contributed by atoms with E-state index < -0.39 is 17.1 Å². The number of carboxylic acid groups (broad SMARTS) is 1. The lowest BCUT2D eigenvalue weighted by molar-refractivity contribution is -0.113. The number of aromatic carboxylic acids is 1. The number of carbonyl (C=O) groups is 3. The summed E-state index contributed by atoms with van der Waals surface area (Å²) in [6.07, 6.45) is 2.23. The van der Waals surface area contributed by atoms with E-state index in [1.54, 1.807) is 18.2 Å². The van der Waals surface area contributed by atoms with Gasteiger partial charge in [0.15, 0.2) is 11.5 Å². The summed E-state index contributed by atoms with van der Waals surface area (Å²) in [7, 11) is 2.74. The molecule has 8 heteroatoms. The number of aryl methyl sites for hydroxylation is 1. The summed E-state index contributed by atoms with van der Waals surface area (Å²) in [4.78, 5) is 38.3. The Morgan fingerprint density at radius 3 is 2.34 bits per heavy atom. The summed E-state index contributed by atoms with van der Waals surface area (Å²) in [5.74, 6) is -1.44. The smallest absolute Gasteiger partial charge is 0.340 e. The number of thioether (sulfide) groups is 1. The van der Waals surface area contributed by atoms with Gasteiger partial charge in [-0.3, -0.25) is 9.59 Å². The fourth-order valence-electron chi connectivity index (χ4n) is 3.00. The molecule has 150 valence electrons. The molecule has 3 rings (SSSR count). The molecule has 0 atom stereocenters. The molecule has 1 fully saturated rings. The van der Waals surface area contributed by atoms with E-state index in [2.05, 4.69) is 0 Å². The first kappa shape index (κ1) is 20.5. The van der Waals surface area contributed by atoms with Crippen LogP contribution in [0.15, 0.2) is 41.3 Å². The van der Waals surface area contributed by atoms with Crippen molar-refractivity contribution in [2.75, 3.05) is 19.1 Å². The van der Waals surface area contributed by atoms with Gasteiger partial charge in [-0.05, 0) is 53.6 Å². The van der Waals surface area contributed by atoms with Crippen LogP contribution in [0.5, 0.6) is 11.5 Å². The van der Waals surface area contributed by atoms with E-state index in [1.807, 2.05) is 19.1 Å². The SMILES string of the molecule is CCc1ccc(N2C(=O)S/C(=C/c3ccc(OC)c(OC)c3C(=O)O)C2=O)cc1. The molecule has 29 heavy (non-hydrogen) atoms. The zero-order valence-corrected chi connectivity index (χ0v) is 16.9. The number of hydrogen-bond donors (Lipinski definition) is 1. The zero-order chi connectivity index (χ0) is 21.1. The number of methoxy groups -OCH3 is 2. The highest BCUT2D eigenvalue weighted by atomic mass is 32.2. The van der Waals surface area contributed by atoms with Gasteiger partial charge in [0.1, 0.15) is 5.56 Å². The molecule has 7 nitrogen and oxygen atoms in total. The maximum atomic E-state index is 12.8. The van der Waals surface area contributed by atoms with Crippen LogP contribution in [-0.2, 0) is 11.2 Å². The Labute approximate surface area is 171 Å².